The third kappa shape index (κ3) is 2.08. The molecular formula is C9H9N3O3S. The average Bonchev–Trinajstić information content (AvgIpc) is 2.89. The Labute approximate surface area is 95.7 Å². The molecule has 1 aliphatic rings. The monoisotopic (exact) mass is 239 g/mol. The molecule has 1 aliphatic heterocycles. The predicted octanol–water partition coefficient (Wildman–Crippen LogP) is 0.486. The average molecular weight is 239 g/mol. The van der Waals surface area contributed by atoms with Crippen molar-refractivity contribution >= 4 is 28.7 Å². The molecule has 0 unspecified atom stereocenters. The first kappa shape index (κ1) is 10.7. The largest absolute Gasteiger partial charge is 0.459 e. The minimum Gasteiger partial charge on any atom is -0.459 e. The molecule has 2 amide bonds. The van der Waals surface area contributed by atoms with E-state index in [1.54, 1.807) is 13.1 Å². The quantitative estimate of drug-likeness (QED) is 0.762. The van der Waals surface area contributed by atoms with Gasteiger partial charge in [-0.2, -0.15) is 0 Å². The standard InChI is InChI=1S/C9H9N3O3S/c1-12-7(13)5-16-9(12)11-10-8(14)6-3-2-4-15-6/h2-4H,5H2,1H3,(H,10,14). The maximum Gasteiger partial charge on any atom is 0.307 e. The topological polar surface area (TPSA) is 74.9 Å². The summed E-state index contributed by atoms with van der Waals surface area (Å²) in [6.45, 7) is 0. The summed E-state index contributed by atoms with van der Waals surface area (Å²) < 4.78 is 4.89. The van der Waals surface area contributed by atoms with Crippen LogP contribution in [-0.4, -0.2) is 34.7 Å². The molecule has 1 aromatic rings. The number of amidine groups is 1. The van der Waals surface area contributed by atoms with Gasteiger partial charge in [-0.25, -0.2) is 5.43 Å². The van der Waals surface area contributed by atoms with Crippen molar-refractivity contribution in [1.82, 2.24) is 10.3 Å². The van der Waals surface area contributed by atoms with Gasteiger partial charge in [-0.3, -0.25) is 14.5 Å². The maximum atomic E-state index is 11.4. The molecule has 2 rings (SSSR count). The second-order valence-electron chi connectivity index (χ2n) is 3.05. The van der Waals surface area contributed by atoms with Crippen LogP contribution in [0, 0.1) is 0 Å². The summed E-state index contributed by atoms with van der Waals surface area (Å²) in [6.07, 6.45) is 1.40. The van der Waals surface area contributed by atoms with Crippen molar-refractivity contribution in [1.29, 1.82) is 0 Å². The Hall–Kier alpha value is -1.76. The normalized spacial score (nSPS) is 18.2. The van der Waals surface area contributed by atoms with E-state index in [0.717, 1.165) is 0 Å². The highest BCUT2D eigenvalue weighted by Gasteiger charge is 2.24. The number of amides is 2. The molecule has 0 bridgehead atoms. The summed E-state index contributed by atoms with van der Waals surface area (Å²) in [5.41, 5.74) is 2.32. The number of hydrogen-bond donors (Lipinski definition) is 1. The zero-order valence-corrected chi connectivity index (χ0v) is 9.28. The molecule has 0 aliphatic carbocycles. The van der Waals surface area contributed by atoms with Gasteiger partial charge < -0.3 is 4.42 Å². The van der Waals surface area contributed by atoms with Gasteiger partial charge in [-0.15, -0.1) is 5.10 Å². The number of furan rings is 1. The molecule has 0 saturated carbocycles. The molecule has 1 fully saturated rings. The third-order valence-corrected chi connectivity index (χ3v) is 3.00. The van der Waals surface area contributed by atoms with Crippen LogP contribution >= 0.6 is 11.8 Å². The molecule has 1 aromatic heterocycles. The number of thioether (sulfide) groups is 1. The molecule has 84 valence electrons. The Morgan fingerprint density at radius 3 is 3.06 bits per heavy atom. The first-order valence-electron chi connectivity index (χ1n) is 4.49. The summed E-state index contributed by atoms with van der Waals surface area (Å²) in [5, 5.41) is 4.31. The van der Waals surface area contributed by atoms with Crippen LogP contribution < -0.4 is 5.43 Å². The first-order chi connectivity index (χ1) is 7.68. The Morgan fingerprint density at radius 1 is 1.69 bits per heavy atom. The van der Waals surface area contributed by atoms with Crippen molar-refractivity contribution in [2.24, 2.45) is 5.10 Å². The van der Waals surface area contributed by atoms with E-state index in [4.69, 9.17) is 4.42 Å². The SMILES string of the molecule is CN1C(=O)CSC1=NNC(=O)c1ccco1. The number of nitrogens with zero attached hydrogens (tertiary/aromatic N) is 2. The Morgan fingerprint density at radius 2 is 2.50 bits per heavy atom. The van der Waals surface area contributed by atoms with E-state index in [9.17, 15) is 9.59 Å². The van der Waals surface area contributed by atoms with Crippen molar-refractivity contribution in [2.75, 3.05) is 12.8 Å². The number of carbonyl (C=O) groups excluding carboxylic acids is 2. The highest BCUT2D eigenvalue weighted by Crippen LogP contribution is 2.16. The van der Waals surface area contributed by atoms with E-state index in [1.165, 1.54) is 29.0 Å². The van der Waals surface area contributed by atoms with E-state index in [0.29, 0.717) is 10.9 Å². The van der Waals surface area contributed by atoms with Gasteiger partial charge >= 0.3 is 5.91 Å². The number of hydrazone groups is 1. The molecule has 0 aromatic carbocycles. The minimum absolute atomic E-state index is 0.0315. The first-order valence-corrected chi connectivity index (χ1v) is 5.48. The lowest BCUT2D eigenvalue weighted by molar-refractivity contribution is -0.123. The molecular weight excluding hydrogens is 230 g/mol. The van der Waals surface area contributed by atoms with Gasteiger partial charge in [-0.05, 0) is 12.1 Å². The van der Waals surface area contributed by atoms with Gasteiger partial charge in [0.25, 0.3) is 0 Å². The lowest BCUT2D eigenvalue weighted by Gasteiger charge is -2.07. The van der Waals surface area contributed by atoms with Gasteiger partial charge in [-0.1, -0.05) is 11.8 Å². The molecule has 2 heterocycles. The van der Waals surface area contributed by atoms with Crippen molar-refractivity contribution in [3.05, 3.63) is 24.2 Å². The summed E-state index contributed by atoms with van der Waals surface area (Å²) in [7, 11) is 1.61. The van der Waals surface area contributed by atoms with Crippen molar-refractivity contribution in [3.63, 3.8) is 0 Å². The lowest BCUT2D eigenvalue weighted by Crippen LogP contribution is -2.27. The van der Waals surface area contributed by atoms with Crippen molar-refractivity contribution in [2.45, 2.75) is 0 Å². The van der Waals surface area contributed by atoms with Crippen LogP contribution in [0.1, 0.15) is 10.6 Å². The number of rotatable bonds is 2. The van der Waals surface area contributed by atoms with Crippen LogP contribution in [0.4, 0.5) is 0 Å². The summed E-state index contributed by atoms with van der Waals surface area (Å²) in [6, 6.07) is 3.15. The van der Waals surface area contributed by atoms with Gasteiger partial charge in [0, 0.05) is 7.05 Å². The maximum absolute atomic E-state index is 11.4. The van der Waals surface area contributed by atoms with Gasteiger partial charge in [0.2, 0.25) is 5.91 Å². The third-order valence-electron chi connectivity index (χ3n) is 1.98. The Bertz CT molecular complexity index is 441. The van der Waals surface area contributed by atoms with E-state index in [2.05, 4.69) is 10.5 Å². The highest BCUT2D eigenvalue weighted by atomic mass is 32.2. The fourth-order valence-electron chi connectivity index (χ4n) is 1.10. The van der Waals surface area contributed by atoms with Crippen LogP contribution in [0.15, 0.2) is 27.9 Å². The minimum atomic E-state index is -0.439. The van der Waals surface area contributed by atoms with E-state index in [1.807, 2.05) is 0 Å². The molecule has 1 saturated heterocycles. The van der Waals surface area contributed by atoms with E-state index < -0.39 is 5.91 Å². The zero-order chi connectivity index (χ0) is 11.5. The van der Waals surface area contributed by atoms with Crippen LogP contribution in [0.5, 0.6) is 0 Å². The molecule has 6 nitrogen and oxygen atoms in total. The van der Waals surface area contributed by atoms with Crippen LogP contribution in [-0.2, 0) is 4.79 Å². The lowest BCUT2D eigenvalue weighted by atomic mass is 10.4. The molecule has 16 heavy (non-hydrogen) atoms. The molecule has 0 spiro atoms. The number of hydrogen-bond acceptors (Lipinski definition) is 5. The number of carbonyl (C=O) groups is 2. The van der Waals surface area contributed by atoms with Crippen LogP contribution in [0.3, 0.4) is 0 Å². The second-order valence-corrected chi connectivity index (χ2v) is 4.00. The summed E-state index contributed by atoms with van der Waals surface area (Å²) >= 11 is 1.28. The fourth-order valence-corrected chi connectivity index (χ4v) is 1.95. The zero-order valence-electron chi connectivity index (χ0n) is 8.47. The summed E-state index contributed by atoms with van der Waals surface area (Å²) in [4.78, 5) is 24.0. The van der Waals surface area contributed by atoms with Gasteiger partial charge in [0.05, 0.1) is 12.0 Å². The number of nitrogens with one attached hydrogen (secondary N) is 1. The van der Waals surface area contributed by atoms with Crippen molar-refractivity contribution in [3.8, 4) is 0 Å². The Balaban J connectivity index is 1.99. The van der Waals surface area contributed by atoms with Crippen molar-refractivity contribution < 1.29 is 14.0 Å². The molecule has 1 N–H and O–H groups in total. The van der Waals surface area contributed by atoms with E-state index >= 15 is 0 Å². The molecule has 0 atom stereocenters. The van der Waals surface area contributed by atoms with Gasteiger partial charge in [0.1, 0.15) is 0 Å². The Kier molecular flexibility index (Phi) is 2.95. The van der Waals surface area contributed by atoms with Gasteiger partial charge in [0.15, 0.2) is 10.9 Å². The van der Waals surface area contributed by atoms with E-state index in [-0.39, 0.29) is 11.7 Å². The van der Waals surface area contributed by atoms with Crippen LogP contribution in [0.25, 0.3) is 0 Å². The fraction of sp³-hybridized carbons (Fsp3) is 0.222. The highest BCUT2D eigenvalue weighted by molar-refractivity contribution is 8.15. The molecule has 7 heteroatoms. The predicted molar refractivity (Wildman–Crippen MR) is 58.8 cm³/mol. The second kappa shape index (κ2) is 4.40. The summed E-state index contributed by atoms with van der Waals surface area (Å²) in [5.74, 6) is 0.0644. The van der Waals surface area contributed by atoms with Crippen LogP contribution in [0.2, 0.25) is 0 Å². The molecule has 0 radical (unpaired) electrons. The smallest absolute Gasteiger partial charge is 0.307 e.